The molecule has 0 saturated carbocycles. The molecule has 1 fully saturated rings. The number of rotatable bonds is 6. The van der Waals surface area contributed by atoms with Crippen LogP contribution in [0.15, 0.2) is 54.6 Å². The molecule has 1 saturated heterocycles. The van der Waals surface area contributed by atoms with Crippen LogP contribution in [0.5, 0.6) is 0 Å². The van der Waals surface area contributed by atoms with Gasteiger partial charge in [0.05, 0.1) is 0 Å². The zero-order valence-electron chi connectivity index (χ0n) is 15.6. The summed E-state index contributed by atoms with van der Waals surface area (Å²) in [5.74, 6) is 0.487. The summed E-state index contributed by atoms with van der Waals surface area (Å²) in [6, 6.07) is 18.3. The van der Waals surface area contributed by atoms with Crippen molar-refractivity contribution in [2.75, 3.05) is 43.9 Å². The van der Waals surface area contributed by atoms with Crippen molar-refractivity contribution in [2.45, 2.75) is 13.0 Å². The van der Waals surface area contributed by atoms with E-state index < -0.39 is 0 Å². The molecule has 2 aromatic rings. The van der Waals surface area contributed by atoms with Gasteiger partial charge in [0.15, 0.2) is 0 Å². The highest BCUT2D eigenvalue weighted by Crippen LogP contribution is 2.23. The molecular weight excluding hydrogens is 324 g/mol. The summed E-state index contributed by atoms with van der Waals surface area (Å²) in [5, 5.41) is 5.96. The Hall–Kier alpha value is -2.53. The average Bonchev–Trinajstić information content (AvgIpc) is 3.09. The van der Waals surface area contributed by atoms with Gasteiger partial charge in [0, 0.05) is 37.6 Å². The van der Waals surface area contributed by atoms with E-state index in [2.05, 4.69) is 50.8 Å². The second kappa shape index (κ2) is 8.72. The number of anilines is 2. The number of benzene rings is 2. The molecule has 5 heteroatoms. The lowest BCUT2D eigenvalue weighted by Crippen LogP contribution is -2.34. The lowest BCUT2D eigenvalue weighted by molar-refractivity contribution is 0.250. The van der Waals surface area contributed by atoms with Crippen molar-refractivity contribution in [3.63, 3.8) is 0 Å². The Morgan fingerprint density at radius 3 is 2.73 bits per heavy atom. The minimum absolute atomic E-state index is 0.134. The molecule has 2 aromatic carbocycles. The first kappa shape index (κ1) is 18.3. The van der Waals surface area contributed by atoms with Crippen molar-refractivity contribution in [3.05, 3.63) is 60.2 Å². The third-order valence-electron chi connectivity index (χ3n) is 4.64. The molecule has 138 valence electrons. The highest BCUT2D eigenvalue weighted by atomic mass is 16.2. The normalized spacial score (nSPS) is 16.7. The lowest BCUT2D eigenvalue weighted by Gasteiger charge is -2.18. The topological polar surface area (TPSA) is 47.6 Å². The minimum Gasteiger partial charge on any atom is -0.371 e. The van der Waals surface area contributed by atoms with Crippen molar-refractivity contribution in [1.29, 1.82) is 0 Å². The van der Waals surface area contributed by atoms with Gasteiger partial charge in [-0.2, -0.15) is 0 Å². The maximum atomic E-state index is 12.2. The van der Waals surface area contributed by atoms with E-state index in [9.17, 15) is 4.79 Å². The first-order valence-corrected chi connectivity index (χ1v) is 9.18. The fourth-order valence-corrected chi connectivity index (χ4v) is 3.40. The Balaban J connectivity index is 1.45. The minimum atomic E-state index is -0.134. The summed E-state index contributed by atoms with van der Waals surface area (Å²) < 4.78 is 0. The number of hydrogen-bond acceptors (Lipinski definition) is 3. The Morgan fingerprint density at radius 2 is 1.96 bits per heavy atom. The van der Waals surface area contributed by atoms with Gasteiger partial charge in [-0.3, -0.25) is 0 Å². The van der Waals surface area contributed by atoms with Crippen LogP contribution in [-0.4, -0.2) is 44.7 Å². The Morgan fingerprint density at radius 1 is 1.15 bits per heavy atom. The van der Waals surface area contributed by atoms with Crippen LogP contribution in [0.3, 0.4) is 0 Å². The van der Waals surface area contributed by atoms with Crippen LogP contribution in [0.1, 0.15) is 12.0 Å². The van der Waals surface area contributed by atoms with Crippen molar-refractivity contribution < 1.29 is 4.79 Å². The highest BCUT2D eigenvalue weighted by molar-refractivity contribution is 5.89. The molecule has 3 rings (SSSR count). The van der Waals surface area contributed by atoms with Crippen LogP contribution in [0, 0.1) is 5.92 Å². The number of hydrogen-bond donors (Lipinski definition) is 2. The second-order valence-electron chi connectivity index (χ2n) is 7.21. The fourth-order valence-electron chi connectivity index (χ4n) is 3.40. The van der Waals surface area contributed by atoms with Gasteiger partial charge in [0.1, 0.15) is 0 Å². The van der Waals surface area contributed by atoms with Crippen molar-refractivity contribution >= 4 is 17.4 Å². The second-order valence-corrected chi connectivity index (χ2v) is 7.21. The molecule has 0 aromatic heterocycles. The van der Waals surface area contributed by atoms with Crippen LogP contribution < -0.4 is 15.5 Å². The molecule has 1 aliphatic rings. The zero-order chi connectivity index (χ0) is 18.4. The molecular formula is C21H28N4O. The van der Waals surface area contributed by atoms with Gasteiger partial charge >= 0.3 is 6.03 Å². The van der Waals surface area contributed by atoms with Crippen molar-refractivity contribution in [1.82, 2.24) is 10.2 Å². The number of nitrogens with zero attached hydrogens (tertiary/aromatic N) is 2. The molecule has 0 unspecified atom stereocenters. The molecule has 5 nitrogen and oxygen atoms in total. The van der Waals surface area contributed by atoms with E-state index in [-0.39, 0.29) is 6.03 Å². The number of amides is 2. The van der Waals surface area contributed by atoms with Gasteiger partial charge < -0.3 is 20.4 Å². The first-order valence-electron chi connectivity index (χ1n) is 9.18. The maximum Gasteiger partial charge on any atom is 0.319 e. The first-order chi connectivity index (χ1) is 12.6. The SMILES string of the molecule is CN(C)Cc1cccc(NC(=O)NC[C@H]2CCN(c3ccccc3)C2)c1. The molecule has 0 bridgehead atoms. The summed E-state index contributed by atoms with van der Waals surface area (Å²) in [5.41, 5.74) is 3.28. The Bertz CT molecular complexity index is 717. The quantitative estimate of drug-likeness (QED) is 0.838. The molecule has 26 heavy (non-hydrogen) atoms. The fraction of sp³-hybridized carbons (Fsp3) is 0.381. The predicted molar refractivity (Wildman–Crippen MR) is 108 cm³/mol. The number of carbonyl (C=O) groups excluding carboxylic acids is 1. The summed E-state index contributed by atoms with van der Waals surface area (Å²) in [6.07, 6.45) is 1.10. The van der Waals surface area contributed by atoms with E-state index in [4.69, 9.17) is 0 Å². The monoisotopic (exact) mass is 352 g/mol. The Labute approximate surface area is 156 Å². The van der Waals surface area contributed by atoms with E-state index >= 15 is 0 Å². The molecule has 0 radical (unpaired) electrons. The van der Waals surface area contributed by atoms with Crippen LogP contribution in [0.4, 0.5) is 16.2 Å². The van der Waals surface area contributed by atoms with Gasteiger partial charge in [-0.05, 0) is 56.3 Å². The molecule has 1 heterocycles. The molecule has 0 aliphatic carbocycles. The van der Waals surface area contributed by atoms with Gasteiger partial charge in [0.2, 0.25) is 0 Å². The van der Waals surface area contributed by atoms with Gasteiger partial charge in [-0.1, -0.05) is 30.3 Å². The summed E-state index contributed by atoms with van der Waals surface area (Å²) >= 11 is 0. The number of urea groups is 1. The largest absolute Gasteiger partial charge is 0.371 e. The van der Waals surface area contributed by atoms with E-state index in [0.29, 0.717) is 12.5 Å². The Kier molecular flexibility index (Phi) is 6.12. The van der Waals surface area contributed by atoms with Crippen LogP contribution >= 0.6 is 0 Å². The molecule has 1 aliphatic heterocycles. The van der Waals surface area contributed by atoms with Gasteiger partial charge in [0.25, 0.3) is 0 Å². The third-order valence-corrected chi connectivity index (χ3v) is 4.64. The molecule has 1 atom stereocenters. The summed E-state index contributed by atoms with van der Waals surface area (Å²) in [4.78, 5) is 16.7. The van der Waals surface area contributed by atoms with Crippen LogP contribution in [-0.2, 0) is 6.54 Å². The van der Waals surface area contributed by atoms with Crippen LogP contribution in [0.2, 0.25) is 0 Å². The number of carbonyl (C=O) groups is 1. The summed E-state index contributed by atoms with van der Waals surface area (Å²) in [6.45, 7) is 3.59. The van der Waals surface area contributed by atoms with Crippen molar-refractivity contribution in [3.8, 4) is 0 Å². The third kappa shape index (κ3) is 5.23. The number of para-hydroxylation sites is 1. The van der Waals surface area contributed by atoms with Gasteiger partial charge in [-0.25, -0.2) is 4.79 Å². The summed E-state index contributed by atoms with van der Waals surface area (Å²) in [7, 11) is 4.07. The van der Waals surface area contributed by atoms with Crippen molar-refractivity contribution in [2.24, 2.45) is 5.92 Å². The smallest absolute Gasteiger partial charge is 0.319 e. The maximum absolute atomic E-state index is 12.2. The lowest BCUT2D eigenvalue weighted by atomic mass is 10.1. The zero-order valence-corrected chi connectivity index (χ0v) is 15.6. The molecule has 2 amide bonds. The van der Waals surface area contributed by atoms with E-state index in [1.165, 1.54) is 11.3 Å². The number of nitrogens with one attached hydrogen (secondary N) is 2. The van der Waals surface area contributed by atoms with E-state index in [1.54, 1.807) is 0 Å². The molecule has 2 N–H and O–H groups in total. The van der Waals surface area contributed by atoms with Gasteiger partial charge in [-0.15, -0.1) is 0 Å². The standard InChI is InChI=1S/C21H28N4O/c1-24(2)15-17-7-6-8-19(13-17)23-21(26)22-14-18-11-12-25(16-18)20-9-4-3-5-10-20/h3-10,13,18H,11-12,14-16H2,1-2H3,(H2,22,23,26)/t18-/m1/s1. The van der Waals surface area contributed by atoms with E-state index in [1.807, 2.05) is 38.4 Å². The predicted octanol–water partition coefficient (Wildman–Crippen LogP) is 3.40. The molecule has 0 spiro atoms. The van der Waals surface area contributed by atoms with E-state index in [0.717, 1.165) is 31.7 Å². The highest BCUT2D eigenvalue weighted by Gasteiger charge is 2.22. The van der Waals surface area contributed by atoms with Crippen LogP contribution in [0.25, 0.3) is 0 Å². The average molecular weight is 352 g/mol.